The fourth-order valence-corrected chi connectivity index (χ4v) is 4.07. The fourth-order valence-electron chi connectivity index (χ4n) is 2.79. The van der Waals surface area contributed by atoms with E-state index in [0.29, 0.717) is 29.1 Å². The summed E-state index contributed by atoms with van der Waals surface area (Å²) in [6.45, 7) is 3.79. The lowest BCUT2D eigenvalue weighted by atomic mass is 10.1. The topological polar surface area (TPSA) is 84.5 Å². The van der Waals surface area contributed by atoms with Crippen molar-refractivity contribution >= 4 is 38.1 Å². The fraction of sp³-hybridized carbons (Fsp3) is 0.150. The largest absolute Gasteiger partial charge is 0.493 e. The first-order chi connectivity index (χ1) is 12.9. The molecule has 140 valence electrons. The average molecular weight is 384 g/mol. The Morgan fingerprint density at radius 2 is 1.56 bits per heavy atom. The normalized spacial score (nSPS) is 11.2. The molecule has 3 aromatic rings. The molecule has 0 atom stereocenters. The first-order valence-corrected chi connectivity index (χ1v) is 9.94. The molecule has 0 aliphatic carbocycles. The highest BCUT2D eigenvalue weighted by atomic mass is 32.2. The zero-order valence-electron chi connectivity index (χ0n) is 15.0. The van der Waals surface area contributed by atoms with Crippen molar-refractivity contribution in [3.8, 4) is 5.75 Å². The Bertz CT molecular complexity index is 1080. The molecule has 0 unspecified atom stereocenters. The van der Waals surface area contributed by atoms with Crippen molar-refractivity contribution in [3.63, 3.8) is 0 Å². The van der Waals surface area contributed by atoms with Crippen LogP contribution in [-0.4, -0.2) is 20.9 Å². The highest BCUT2D eigenvalue weighted by Crippen LogP contribution is 2.32. The van der Waals surface area contributed by atoms with Crippen LogP contribution < -0.4 is 14.8 Å². The van der Waals surface area contributed by atoms with Crippen LogP contribution in [0.2, 0.25) is 0 Å². The van der Waals surface area contributed by atoms with Crippen LogP contribution in [0.4, 0.5) is 11.4 Å². The Balaban J connectivity index is 1.95. The van der Waals surface area contributed by atoms with E-state index in [1.54, 1.807) is 48.5 Å². The van der Waals surface area contributed by atoms with Gasteiger partial charge in [0.25, 0.3) is 10.0 Å². The lowest BCUT2D eigenvalue weighted by Crippen LogP contribution is -2.13. The molecule has 0 spiro atoms. The molecule has 3 rings (SSSR count). The van der Waals surface area contributed by atoms with Crippen molar-refractivity contribution in [3.05, 3.63) is 60.7 Å². The second kappa shape index (κ2) is 7.67. The van der Waals surface area contributed by atoms with Gasteiger partial charge in [0.05, 0.1) is 11.5 Å². The first-order valence-electron chi connectivity index (χ1n) is 8.46. The Labute approximate surface area is 158 Å². The third-order valence-corrected chi connectivity index (χ3v) is 5.33. The molecule has 2 N–H and O–H groups in total. The predicted octanol–water partition coefficient (Wildman–Crippen LogP) is 4.00. The number of carbonyl (C=O) groups excluding carboxylic acids is 1. The second-order valence-electron chi connectivity index (χ2n) is 5.90. The monoisotopic (exact) mass is 384 g/mol. The van der Waals surface area contributed by atoms with Crippen LogP contribution >= 0.6 is 0 Å². The number of carbonyl (C=O) groups is 1. The number of anilines is 2. The van der Waals surface area contributed by atoms with Gasteiger partial charge in [0.15, 0.2) is 0 Å². The molecule has 7 heteroatoms. The lowest BCUT2D eigenvalue weighted by molar-refractivity contribution is -0.114. The third kappa shape index (κ3) is 4.20. The van der Waals surface area contributed by atoms with E-state index >= 15 is 0 Å². The van der Waals surface area contributed by atoms with E-state index in [-0.39, 0.29) is 10.8 Å². The molecule has 0 aromatic heterocycles. The number of benzene rings is 3. The van der Waals surface area contributed by atoms with Gasteiger partial charge in [-0.05, 0) is 43.3 Å². The molecule has 1 amide bonds. The number of hydrogen-bond acceptors (Lipinski definition) is 4. The van der Waals surface area contributed by atoms with Gasteiger partial charge in [-0.25, -0.2) is 8.42 Å². The molecular formula is C20H20N2O4S. The summed E-state index contributed by atoms with van der Waals surface area (Å²) < 4.78 is 34.0. The summed E-state index contributed by atoms with van der Waals surface area (Å²) in [5.74, 6) is 0.455. The molecule has 3 aromatic carbocycles. The van der Waals surface area contributed by atoms with E-state index in [2.05, 4.69) is 10.0 Å². The molecule has 0 saturated carbocycles. The Hall–Kier alpha value is -3.06. The summed E-state index contributed by atoms with van der Waals surface area (Å²) in [4.78, 5) is 11.3. The predicted molar refractivity (Wildman–Crippen MR) is 107 cm³/mol. The van der Waals surface area contributed by atoms with E-state index in [0.717, 1.165) is 5.39 Å². The van der Waals surface area contributed by atoms with Crippen molar-refractivity contribution in [2.24, 2.45) is 0 Å². The van der Waals surface area contributed by atoms with Crippen molar-refractivity contribution in [2.45, 2.75) is 18.7 Å². The quantitative estimate of drug-likeness (QED) is 0.673. The van der Waals surface area contributed by atoms with Gasteiger partial charge >= 0.3 is 0 Å². The van der Waals surface area contributed by atoms with Gasteiger partial charge in [0, 0.05) is 29.1 Å². The van der Waals surface area contributed by atoms with E-state index in [1.165, 1.54) is 6.92 Å². The summed E-state index contributed by atoms with van der Waals surface area (Å²) in [5, 5.41) is 3.97. The van der Waals surface area contributed by atoms with Crippen LogP contribution in [0.1, 0.15) is 13.8 Å². The van der Waals surface area contributed by atoms with Gasteiger partial charge in [-0.1, -0.05) is 24.3 Å². The molecule has 0 heterocycles. The van der Waals surface area contributed by atoms with Crippen LogP contribution in [0.25, 0.3) is 10.8 Å². The summed E-state index contributed by atoms with van der Waals surface area (Å²) in [6, 6.07) is 16.9. The second-order valence-corrected chi connectivity index (χ2v) is 7.56. The number of amides is 1. The third-order valence-electron chi connectivity index (χ3n) is 3.89. The number of sulfonamides is 1. The minimum absolute atomic E-state index is 0.174. The van der Waals surface area contributed by atoms with Gasteiger partial charge in [0.1, 0.15) is 5.75 Å². The van der Waals surface area contributed by atoms with Crippen LogP contribution in [0.5, 0.6) is 5.75 Å². The van der Waals surface area contributed by atoms with Gasteiger partial charge in [0.2, 0.25) is 5.91 Å². The summed E-state index contributed by atoms with van der Waals surface area (Å²) in [7, 11) is -3.80. The number of rotatable bonds is 6. The van der Waals surface area contributed by atoms with E-state index < -0.39 is 10.0 Å². The van der Waals surface area contributed by atoms with Crippen molar-refractivity contribution < 1.29 is 17.9 Å². The van der Waals surface area contributed by atoms with Crippen molar-refractivity contribution in [1.82, 2.24) is 0 Å². The molecular weight excluding hydrogens is 364 g/mol. The zero-order chi connectivity index (χ0) is 19.4. The SMILES string of the molecule is CCOc1ccc(S(=O)(=O)Nc2ccc(NC(C)=O)cc2)c2ccccc12. The van der Waals surface area contributed by atoms with Crippen molar-refractivity contribution in [2.75, 3.05) is 16.6 Å². The minimum atomic E-state index is -3.80. The molecule has 0 aliphatic rings. The van der Waals surface area contributed by atoms with Gasteiger partial charge < -0.3 is 10.1 Å². The standard InChI is InChI=1S/C20H20N2O4S/c1-3-26-19-12-13-20(18-7-5-4-6-17(18)19)27(24,25)22-16-10-8-15(9-11-16)21-14(2)23/h4-13,22H,3H2,1-2H3,(H,21,23). The summed E-state index contributed by atoms with van der Waals surface area (Å²) in [5.41, 5.74) is 0.999. The van der Waals surface area contributed by atoms with Crippen molar-refractivity contribution in [1.29, 1.82) is 0 Å². The number of ether oxygens (including phenoxy) is 1. The molecule has 0 bridgehead atoms. The van der Waals surface area contributed by atoms with E-state index in [9.17, 15) is 13.2 Å². The van der Waals surface area contributed by atoms with Gasteiger partial charge in [-0.15, -0.1) is 0 Å². The highest BCUT2D eigenvalue weighted by Gasteiger charge is 2.19. The molecule has 27 heavy (non-hydrogen) atoms. The minimum Gasteiger partial charge on any atom is -0.493 e. The van der Waals surface area contributed by atoms with Crippen LogP contribution in [0.15, 0.2) is 65.6 Å². The molecule has 0 radical (unpaired) electrons. The smallest absolute Gasteiger partial charge is 0.262 e. The average Bonchev–Trinajstić information content (AvgIpc) is 2.63. The molecule has 6 nitrogen and oxygen atoms in total. The maximum absolute atomic E-state index is 12.9. The maximum Gasteiger partial charge on any atom is 0.262 e. The summed E-state index contributed by atoms with van der Waals surface area (Å²) >= 11 is 0. The maximum atomic E-state index is 12.9. The lowest BCUT2D eigenvalue weighted by Gasteiger charge is -2.13. The molecule has 0 saturated heterocycles. The van der Waals surface area contributed by atoms with Gasteiger partial charge in [-0.2, -0.15) is 0 Å². The first kappa shape index (κ1) is 18.7. The number of hydrogen-bond donors (Lipinski definition) is 2. The Kier molecular flexibility index (Phi) is 5.32. The van der Waals surface area contributed by atoms with Crippen LogP contribution in [-0.2, 0) is 14.8 Å². The molecule has 0 fully saturated rings. The van der Waals surface area contributed by atoms with E-state index in [1.807, 2.05) is 19.1 Å². The highest BCUT2D eigenvalue weighted by molar-refractivity contribution is 7.93. The Morgan fingerprint density at radius 1 is 0.926 bits per heavy atom. The zero-order valence-corrected chi connectivity index (χ0v) is 15.8. The Morgan fingerprint density at radius 3 is 2.19 bits per heavy atom. The number of fused-ring (bicyclic) bond motifs is 1. The van der Waals surface area contributed by atoms with Crippen LogP contribution in [0, 0.1) is 0 Å². The van der Waals surface area contributed by atoms with Gasteiger partial charge in [-0.3, -0.25) is 9.52 Å². The number of nitrogens with one attached hydrogen (secondary N) is 2. The summed E-state index contributed by atoms with van der Waals surface area (Å²) in [6.07, 6.45) is 0. The van der Waals surface area contributed by atoms with E-state index in [4.69, 9.17) is 4.74 Å². The van der Waals surface area contributed by atoms with Crippen LogP contribution in [0.3, 0.4) is 0 Å². The molecule has 0 aliphatic heterocycles.